The topological polar surface area (TPSA) is 103 Å². The number of nitrogens with one attached hydrogen (secondary N) is 1. The first-order chi connectivity index (χ1) is 14.1. The van der Waals surface area contributed by atoms with Crippen molar-refractivity contribution < 1.29 is 13.7 Å². The fraction of sp³-hybridized carbons (Fsp3) is 0.0500. The van der Waals surface area contributed by atoms with E-state index in [2.05, 4.69) is 20.6 Å². The Kier molecular flexibility index (Phi) is 4.93. The average Bonchev–Trinajstić information content (AvgIpc) is 3.21. The van der Waals surface area contributed by atoms with E-state index in [1.165, 1.54) is 36.4 Å². The molecule has 4 rings (SSSR count). The van der Waals surface area contributed by atoms with Gasteiger partial charge in [-0.3, -0.25) is 9.59 Å². The minimum atomic E-state index is -0.449. The Labute approximate surface area is 163 Å². The second kappa shape index (κ2) is 7.85. The number of amides is 1. The Morgan fingerprint density at radius 3 is 2.55 bits per heavy atom. The molecule has 1 amide bonds. The van der Waals surface area contributed by atoms with Crippen LogP contribution in [0.25, 0.3) is 23.0 Å². The van der Waals surface area contributed by atoms with Crippen molar-refractivity contribution in [1.29, 1.82) is 0 Å². The van der Waals surface area contributed by atoms with E-state index in [4.69, 9.17) is 4.52 Å². The monoisotopic (exact) mass is 391 g/mol. The van der Waals surface area contributed by atoms with Crippen LogP contribution in [0.1, 0.15) is 0 Å². The van der Waals surface area contributed by atoms with Crippen molar-refractivity contribution in [2.24, 2.45) is 0 Å². The number of para-hydroxylation sites is 1. The minimum absolute atomic E-state index is 0.0709. The normalized spacial score (nSPS) is 10.7. The van der Waals surface area contributed by atoms with Crippen LogP contribution in [-0.2, 0) is 11.3 Å². The SMILES string of the molecule is O=C(Cn1nc(-c2nc(-c3ccc(F)cc3)no2)ccc1=O)Nc1ccccc1. The lowest BCUT2D eigenvalue weighted by atomic mass is 10.2. The summed E-state index contributed by atoms with van der Waals surface area (Å²) < 4.78 is 19.3. The van der Waals surface area contributed by atoms with Crippen molar-refractivity contribution in [2.75, 3.05) is 5.32 Å². The van der Waals surface area contributed by atoms with Gasteiger partial charge in [0.25, 0.3) is 11.4 Å². The van der Waals surface area contributed by atoms with Gasteiger partial charge >= 0.3 is 0 Å². The number of benzene rings is 2. The molecule has 0 fully saturated rings. The lowest BCUT2D eigenvalue weighted by Gasteiger charge is -2.07. The number of halogens is 1. The molecule has 2 aromatic carbocycles. The molecule has 0 bridgehead atoms. The summed E-state index contributed by atoms with van der Waals surface area (Å²) in [6.45, 7) is -0.277. The summed E-state index contributed by atoms with van der Waals surface area (Å²) in [5.41, 5.74) is 0.965. The Morgan fingerprint density at radius 2 is 1.79 bits per heavy atom. The summed E-state index contributed by atoms with van der Waals surface area (Å²) in [6, 6.07) is 17.2. The maximum Gasteiger partial charge on any atom is 0.278 e. The molecular formula is C20H14FN5O3. The van der Waals surface area contributed by atoms with Crippen molar-refractivity contribution in [3.05, 3.63) is 82.9 Å². The standard InChI is InChI=1S/C20H14FN5O3/c21-14-8-6-13(7-9-14)19-23-20(29-25-19)16-10-11-18(28)26(24-16)12-17(27)22-15-4-2-1-3-5-15/h1-11H,12H2,(H,22,27). The zero-order valence-corrected chi connectivity index (χ0v) is 14.9. The summed E-state index contributed by atoms with van der Waals surface area (Å²) in [4.78, 5) is 28.5. The number of aromatic nitrogens is 4. The van der Waals surface area contributed by atoms with Gasteiger partial charge in [-0.05, 0) is 42.5 Å². The highest BCUT2D eigenvalue weighted by molar-refractivity contribution is 5.90. The van der Waals surface area contributed by atoms with E-state index in [9.17, 15) is 14.0 Å². The average molecular weight is 391 g/mol. The van der Waals surface area contributed by atoms with E-state index < -0.39 is 11.5 Å². The maximum absolute atomic E-state index is 13.1. The van der Waals surface area contributed by atoms with Crippen molar-refractivity contribution in [1.82, 2.24) is 19.9 Å². The predicted octanol–water partition coefficient (Wildman–Crippen LogP) is 2.74. The molecule has 0 unspecified atom stereocenters. The molecule has 1 N–H and O–H groups in total. The van der Waals surface area contributed by atoms with E-state index in [1.54, 1.807) is 24.3 Å². The van der Waals surface area contributed by atoms with Crippen LogP contribution in [0.3, 0.4) is 0 Å². The molecule has 0 aliphatic heterocycles. The van der Waals surface area contributed by atoms with E-state index >= 15 is 0 Å². The van der Waals surface area contributed by atoms with Gasteiger partial charge in [0, 0.05) is 17.3 Å². The van der Waals surface area contributed by atoms with Gasteiger partial charge in [-0.2, -0.15) is 10.1 Å². The maximum atomic E-state index is 13.1. The summed E-state index contributed by atoms with van der Waals surface area (Å²) in [7, 11) is 0. The van der Waals surface area contributed by atoms with Gasteiger partial charge in [0.2, 0.25) is 11.7 Å². The molecule has 2 aromatic heterocycles. The number of carbonyl (C=O) groups excluding carboxylic acids is 1. The fourth-order valence-corrected chi connectivity index (χ4v) is 2.58. The number of rotatable bonds is 5. The highest BCUT2D eigenvalue weighted by Crippen LogP contribution is 2.20. The fourth-order valence-electron chi connectivity index (χ4n) is 2.58. The van der Waals surface area contributed by atoms with Crippen molar-refractivity contribution in [3.8, 4) is 23.0 Å². The van der Waals surface area contributed by atoms with Gasteiger partial charge in [0.05, 0.1) is 0 Å². The number of hydrogen-bond acceptors (Lipinski definition) is 6. The van der Waals surface area contributed by atoms with Gasteiger partial charge < -0.3 is 9.84 Å². The van der Waals surface area contributed by atoms with Crippen molar-refractivity contribution in [3.63, 3.8) is 0 Å². The molecule has 144 valence electrons. The Balaban J connectivity index is 1.55. The Bertz CT molecular complexity index is 1200. The zero-order valence-electron chi connectivity index (χ0n) is 14.9. The summed E-state index contributed by atoms with van der Waals surface area (Å²) in [5, 5.41) is 10.7. The highest BCUT2D eigenvalue weighted by Gasteiger charge is 2.14. The molecule has 0 saturated carbocycles. The van der Waals surface area contributed by atoms with E-state index in [1.807, 2.05) is 6.07 Å². The number of nitrogens with zero attached hydrogens (tertiary/aromatic N) is 4. The summed E-state index contributed by atoms with van der Waals surface area (Å²) in [6.07, 6.45) is 0. The third kappa shape index (κ3) is 4.24. The molecule has 0 spiro atoms. The smallest absolute Gasteiger partial charge is 0.278 e. The van der Waals surface area contributed by atoms with Gasteiger partial charge in [0.15, 0.2) is 0 Å². The molecule has 0 aliphatic carbocycles. The number of carbonyl (C=O) groups is 1. The predicted molar refractivity (Wildman–Crippen MR) is 102 cm³/mol. The van der Waals surface area contributed by atoms with Crippen LogP contribution in [0.4, 0.5) is 10.1 Å². The van der Waals surface area contributed by atoms with E-state index in [-0.39, 0.29) is 29.8 Å². The molecule has 4 aromatic rings. The van der Waals surface area contributed by atoms with Crippen LogP contribution < -0.4 is 10.9 Å². The Hall–Kier alpha value is -4.14. The quantitative estimate of drug-likeness (QED) is 0.561. The molecule has 0 radical (unpaired) electrons. The van der Waals surface area contributed by atoms with Gasteiger partial charge in [-0.1, -0.05) is 23.4 Å². The zero-order chi connectivity index (χ0) is 20.2. The van der Waals surface area contributed by atoms with E-state index in [0.29, 0.717) is 11.3 Å². The molecule has 9 heteroatoms. The molecule has 0 atom stereocenters. The first-order valence-electron chi connectivity index (χ1n) is 8.61. The van der Waals surface area contributed by atoms with Crippen molar-refractivity contribution in [2.45, 2.75) is 6.54 Å². The summed E-state index contributed by atoms with van der Waals surface area (Å²) in [5.74, 6) is -0.455. The molecule has 0 saturated heterocycles. The largest absolute Gasteiger partial charge is 0.332 e. The lowest BCUT2D eigenvalue weighted by molar-refractivity contribution is -0.117. The van der Waals surface area contributed by atoms with E-state index in [0.717, 1.165) is 4.68 Å². The molecule has 2 heterocycles. The molecule has 0 aliphatic rings. The van der Waals surface area contributed by atoms with Crippen LogP contribution in [0.2, 0.25) is 0 Å². The number of anilines is 1. The van der Waals surface area contributed by atoms with Crippen LogP contribution in [0.15, 0.2) is 76.0 Å². The third-order valence-electron chi connectivity index (χ3n) is 3.97. The molecule has 29 heavy (non-hydrogen) atoms. The first-order valence-corrected chi connectivity index (χ1v) is 8.61. The molecule has 8 nitrogen and oxygen atoms in total. The summed E-state index contributed by atoms with van der Waals surface area (Å²) >= 11 is 0. The van der Waals surface area contributed by atoms with Crippen LogP contribution in [0.5, 0.6) is 0 Å². The van der Waals surface area contributed by atoms with Gasteiger partial charge in [0.1, 0.15) is 18.1 Å². The van der Waals surface area contributed by atoms with Crippen LogP contribution in [0, 0.1) is 5.82 Å². The molecular weight excluding hydrogens is 377 g/mol. The van der Waals surface area contributed by atoms with Crippen molar-refractivity contribution >= 4 is 11.6 Å². The second-order valence-corrected chi connectivity index (χ2v) is 6.06. The third-order valence-corrected chi connectivity index (χ3v) is 3.97. The van der Waals surface area contributed by atoms with Crippen LogP contribution >= 0.6 is 0 Å². The Morgan fingerprint density at radius 1 is 1.03 bits per heavy atom. The lowest BCUT2D eigenvalue weighted by Crippen LogP contribution is -2.29. The second-order valence-electron chi connectivity index (χ2n) is 6.06. The van der Waals surface area contributed by atoms with Gasteiger partial charge in [-0.25, -0.2) is 9.07 Å². The first kappa shape index (κ1) is 18.2. The van der Waals surface area contributed by atoms with Gasteiger partial charge in [-0.15, -0.1) is 0 Å². The minimum Gasteiger partial charge on any atom is -0.332 e. The highest BCUT2D eigenvalue weighted by atomic mass is 19.1. The van der Waals surface area contributed by atoms with Crippen LogP contribution in [-0.4, -0.2) is 25.8 Å². The number of hydrogen-bond donors (Lipinski definition) is 1.